The van der Waals surface area contributed by atoms with Crippen molar-refractivity contribution < 1.29 is 0 Å². The Bertz CT molecular complexity index is 586. The molecule has 0 saturated carbocycles. The summed E-state index contributed by atoms with van der Waals surface area (Å²) in [5, 5.41) is 4.38. The smallest absolute Gasteiger partial charge is 0.0594 e. The second-order valence-electron chi connectivity index (χ2n) is 4.50. The summed E-state index contributed by atoms with van der Waals surface area (Å²) >= 11 is 9.84. The predicted octanol–water partition coefficient (Wildman–Crippen LogP) is 4.76. The molecule has 2 aromatic rings. The lowest BCUT2D eigenvalue weighted by Crippen LogP contribution is -2.30. The molecule has 1 nitrogen and oxygen atoms in total. The molecular weight excluding hydrogens is 345 g/mol. The maximum Gasteiger partial charge on any atom is 0.0594 e. The van der Waals surface area contributed by atoms with Gasteiger partial charge in [-0.25, -0.2) is 0 Å². The molecule has 0 amide bonds. The van der Waals surface area contributed by atoms with Crippen molar-refractivity contribution in [1.29, 1.82) is 0 Å². The molecule has 0 aliphatic carbocycles. The normalized spacial score (nSPS) is 17.5. The summed E-state index contributed by atoms with van der Waals surface area (Å²) in [5.74, 6) is 0. The minimum absolute atomic E-state index is 0. The first-order chi connectivity index (χ1) is 8.75. The number of nitrogens with one attached hydrogen (secondary N) is 1. The van der Waals surface area contributed by atoms with Gasteiger partial charge >= 0.3 is 0 Å². The Morgan fingerprint density at radius 1 is 1.11 bits per heavy atom. The van der Waals surface area contributed by atoms with Crippen LogP contribution in [-0.4, -0.2) is 6.54 Å². The Labute approximate surface area is 132 Å². The van der Waals surface area contributed by atoms with E-state index in [2.05, 4.69) is 45.5 Å². The third-order valence-corrected chi connectivity index (χ3v) is 4.21. The monoisotopic (exact) mass is 357 g/mol. The van der Waals surface area contributed by atoms with Gasteiger partial charge in [-0.05, 0) is 41.3 Å². The molecular formula is C15H14BrCl2N. The zero-order valence-electron chi connectivity index (χ0n) is 10.2. The van der Waals surface area contributed by atoms with E-state index in [9.17, 15) is 0 Å². The van der Waals surface area contributed by atoms with Gasteiger partial charge in [0.05, 0.1) is 6.04 Å². The van der Waals surface area contributed by atoms with Crippen LogP contribution in [0.5, 0.6) is 0 Å². The Morgan fingerprint density at radius 3 is 2.68 bits per heavy atom. The topological polar surface area (TPSA) is 12.0 Å². The number of benzene rings is 2. The van der Waals surface area contributed by atoms with Gasteiger partial charge in [0.25, 0.3) is 0 Å². The Morgan fingerprint density at radius 2 is 1.89 bits per heavy atom. The summed E-state index contributed by atoms with van der Waals surface area (Å²) in [7, 11) is 0. The standard InChI is InChI=1S/C15H13BrClN.ClH/c16-11-5-6-12-10(9-11)7-8-18-15(12)13-3-1-2-4-14(13)17;/h1-6,9,15,18H,7-8H2;1H. The first kappa shape index (κ1) is 14.9. The van der Waals surface area contributed by atoms with Crippen LogP contribution < -0.4 is 5.32 Å². The van der Waals surface area contributed by atoms with E-state index in [1.54, 1.807) is 0 Å². The van der Waals surface area contributed by atoms with Gasteiger partial charge in [-0.2, -0.15) is 0 Å². The molecule has 0 bridgehead atoms. The highest BCUT2D eigenvalue weighted by Crippen LogP contribution is 2.33. The van der Waals surface area contributed by atoms with E-state index in [1.807, 2.05) is 18.2 Å². The van der Waals surface area contributed by atoms with E-state index in [1.165, 1.54) is 11.1 Å². The molecule has 0 spiro atoms. The lowest BCUT2D eigenvalue weighted by atomic mass is 9.90. The van der Waals surface area contributed by atoms with Crippen molar-refractivity contribution in [2.45, 2.75) is 12.5 Å². The Kier molecular flexibility index (Phi) is 4.91. The van der Waals surface area contributed by atoms with Gasteiger partial charge in [-0.3, -0.25) is 0 Å². The van der Waals surface area contributed by atoms with E-state index in [4.69, 9.17) is 11.6 Å². The fourth-order valence-corrected chi connectivity index (χ4v) is 3.17. The summed E-state index contributed by atoms with van der Waals surface area (Å²) in [6.07, 6.45) is 1.07. The third kappa shape index (κ3) is 2.97. The van der Waals surface area contributed by atoms with Crippen LogP contribution in [0.2, 0.25) is 5.02 Å². The molecule has 2 aromatic carbocycles. The van der Waals surface area contributed by atoms with Crippen LogP contribution in [0.1, 0.15) is 22.7 Å². The molecule has 0 aromatic heterocycles. The molecule has 1 aliphatic rings. The van der Waals surface area contributed by atoms with Crippen LogP contribution in [-0.2, 0) is 6.42 Å². The minimum Gasteiger partial charge on any atom is -0.306 e. The van der Waals surface area contributed by atoms with Crippen LogP contribution in [0.25, 0.3) is 0 Å². The van der Waals surface area contributed by atoms with Crippen molar-refractivity contribution in [2.75, 3.05) is 6.54 Å². The second-order valence-corrected chi connectivity index (χ2v) is 5.82. The Hall–Kier alpha value is -0.540. The van der Waals surface area contributed by atoms with Crippen molar-refractivity contribution in [1.82, 2.24) is 5.32 Å². The maximum absolute atomic E-state index is 6.31. The van der Waals surface area contributed by atoms with Gasteiger partial charge in [0.15, 0.2) is 0 Å². The van der Waals surface area contributed by atoms with E-state index in [0.717, 1.165) is 28.0 Å². The van der Waals surface area contributed by atoms with Crippen molar-refractivity contribution in [2.24, 2.45) is 0 Å². The van der Waals surface area contributed by atoms with E-state index in [-0.39, 0.29) is 18.4 Å². The molecule has 1 aliphatic heterocycles. The van der Waals surface area contributed by atoms with Crippen molar-refractivity contribution in [3.63, 3.8) is 0 Å². The van der Waals surface area contributed by atoms with Crippen LogP contribution >= 0.6 is 39.9 Å². The molecule has 3 rings (SSSR count). The molecule has 1 atom stereocenters. The second kappa shape index (κ2) is 6.27. The molecule has 0 fully saturated rings. The van der Waals surface area contributed by atoms with E-state index in [0.29, 0.717) is 0 Å². The van der Waals surface area contributed by atoms with Crippen LogP contribution in [0.4, 0.5) is 0 Å². The molecule has 0 saturated heterocycles. The van der Waals surface area contributed by atoms with Crippen LogP contribution in [0, 0.1) is 0 Å². The lowest BCUT2D eigenvalue weighted by Gasteiger charge is -2.28. The average molecular weight is 359 g/mol. The number of rotatable bonds is 1. The largest absolute Gasteiger partial charge is 0.306 e. The van der Waals surface area contributed by atoms with Gasteiger partial charge in [0.2, 0.25) is 0 Å². The molecule has 19 heavy (non-hydrogen) atoms. The predicted molar refractivity (Wildman–Crippen MR) is 86.4 cm³/mol. The molecule has 100 valence electrons. The number of halogens is 3. The minimum atomic E-state index is 0. The number of hydrogen-bond acceptors (Lipinski definition) is 1. The fourth-order valence-electron chi connectivity index (χ4n) is 2.52. The number of fused-ring (bicyclic) bond motifs is 1. The molecule has 1 unspecified atom stereocenters. The van der Waals surface area contributed by atoms with Gasteiger partial charge in [-0.1, -0.05) is 51.8 Å². The molecule has 0 radical (unpaired) electrons. The highest BCUT2D eigenvalue weighted by Gasteiger charge is 2.22. The van der Waals surface area contributed by atoms with Crippen molar-refractivity contribution in [3.8, 4) is 0 Å². The quantitative estimate of drug-likeness (QED) is 0.774. The van der Waals surface area contributed by atoms with E-state index >= 15 is 0 Å². The zero-order chi connectivity index (χ0) is 12.5. The summed E-state index contributed by atoms with van der Waals surface area (Å²) in [4.78, 5) is 0. The molecule has 1 N–H and O–H groups in total. The third-order valence-electron chi connectivity index (χ3n) is 3.38. The molecule has 4 heteroatoms. The van der Waals surface area contributed by atoms with Crippen LogP contribution in [0.15, 0.2) is 46.9 Å². The average Bonchev–Trinajstić information content (AvgIpc) is 2.38. The van der Waals surface area contributed by atoms with Gasteiger partial charge < -0.3 is 5.32 Å². The van der Waals surface area contributed by atoms with E-state index < -0.39 is 0 Å². The summed E-state index contributed by atoms with van der Waals surface area (Å²) < 4.78 is 1.14. The van der Waals surface area contributed by atoms with Gasteiger partial charge in [0, 0.05) is 16.0 Å². The highest BCUT2D eigenvalue weighted by molar-refractivity contribution is 9.10. The fraction of sp³-hybridized carbons (Fsp3) is 0.200. The summed E-state index contributed by atoms with van der Waals surface area (Å²) in [5.41, 5.74) is 3.88. The maximum atomic E-state index is 6.31. The number of hydrogen-bond donors (Lipinski definition) is 1. The summed E-state index contributed by atoms with van der Waals surface area (Å²) in [6, 6.07) is 14.7. The van der Waals surface area contributed by atoms with Crippen LogP contribution in [0.3, 0.4) is 0 Å². The lowest BCUT2D eigenvalue weighted by molar-refractivity contribution is 0.568. The van der Waals surface area contributed by atoms with Gasteiger partial charge in [0.1, 0.15) is 0 Å². The first-order valence-electron chi connectivity index (χ1n) is 6.02. The first-order valence-corrected chi connectivity index (χ1v) is 7.19. The highest BCUT2D eigenvalue weighted by atomic mass is 79.9. The Balaban J connectivity index is 0.00000133. The SMILES string of the molecule is Cl.Clc1ccccc1C1NCCc2cc(Br)ccc21. The molecule has 1 heterocycles. The van der Waals surface area contributed by atoms with Crippen molar-refractivity contribution in [3.05, 3.63) is 68.7 Å². The zero-order valence-corrected chi connectivity index (χ0v) is 13.4. The van der Waals surface area contributed by atoms with Crippen molar-refractivity contribution >= 4 is 39.9 Å². The summed E-state index contributed by atoms with van der Waals surface area (Å²) in [6.45, 7) is 0.985. The van der Waals surface area contributed by atoms with Gasteiger partial charge in [-0.15, -0.1) is 12.4 Å².